The summed E-state index contributed by atoms with van der Waals surface area (Å²) < 4.78 is 1.97. The number of fused-ring (bicyclic) bond motifs is 1. The number of hydrogen-bond acceptors (Lipinski definition) is 4. The Bertz CT molecular complexity index is 580. The number of rotatable bonds is 2. The highest BCUT2D eigenvalue weighted by atomic mass is 35.5. The van der Waals surface area contributed by atoms with Crippen molar-refractivity contribution in [3.63, 3.8) is 0 Å². The van der Waals surface area contributed by atoms with Crippen molar-refractivity contribution in [1.82, 2.24) is 19.5 Å². The van der Waals surface area contributed by atoms with Gasteiger partial charge in [-0.3, -0.25) is 0 Å². The third kappa shape index (κ3) is 1.71. The highest BCUT2D eigenvalue weighted by molar-refractivity contribution is 6.33. The fraction of sp³-hybridized carbons (Fsp3) is 0.364. The van der Waals surface area contributed by atoms with Crippen LogP contribution in [0.2, 0.25) is 5.15 Å². The average Bonchev–Trinajstić information content (AvgIpc) is 2.94. The zero-order chi connectivity index (χ0) is 11.8. The molecule has 0 aliphatic heterocycles. The smallest absolute Gasteiger partial charge is 0.165 e. The molecule has 0 amide bonds. The Hall–Kier alpha value is -1.46. The van der Waals surface area contributed by atoms with E-state index in [4.69, 9.17) is 16.7 Å². The van der Waals surface area contributed by atoms with Crippen LogP contribution in [0.4, 0.5) is 0 Å². The molecule has 0 saturated carbocycles. The molecule has 1 N–H and O–H groups in total. The molecule has 2 aromatic heterocycles. The first-order valence-corrected chi connectivity index (χ1v) is 5.79. The van der Waals surface area contributed by atoms with Gasteiger partial charge in [-0.1, -0.05) is 23.8 Å². The standard InChI is InChI=1S/C11H11ClN4O/c12-10-9-11(14-5-13-10)16(6-15-9)8-2-1-7(3-8)4-17/h1-2,5-8,17H,3-4H2/t7-,8-/m0/s1. The first-order chi connectivity index (χ1) is 8.29. The van der Waals surface area contributed by atoms with E-state index in [2.05, 4.69) is 21.0 Å². The Morgan fingerprint density at radius 1 is 1.35 bits per heavy atom. The van der Waals surface area contributed by atoms with Gasteiger partial charge in [-0.2, -0.15) is 0 Å². The molecular formula is C11H11ClN4O. The van der Waals surface area contributed by atoms with E-state index in [0.29, 0.717) is 10.7 Å². The monoisotopic (exact) mass is 250 g/mol. The van der Waals surface area contributed by atoms with E-state index < -0.39 is 0 Å². The molecule has 0 radical (unpaired) electrons. The van der Waals surface area contributed by atoms with Gasteiger partial charge in [0.2, 0.25) is 0 Å². The molecule has 2 heterocycles. The molecule has 5 nitrogen and oxygen atoms in total. The van der Waals surface area contributed by atoms with Crippen LogP contribution in [0.15, 0.2) is 24.8 Å². The molecule has 2 atom stereocenters. The van der Waals surface area contributed by atoms with Gasteiger partial charge >= 0.3 is 0 Å². The number of imidazole rings is 1. The molecule has 17 heavy (non-hydrogen) atoms. The maximum absolute atomic E-state index is 9.12. The molecule has 0 fully saturated rings. The fourth-order valence-corrected chi connectivity index (χ4v) is 2.34. The summed E-state index contributed by atoms with van der Waals surface area (Å²) in [5, 5.41) is 9.49. The van der Waals surface area contributed by atoms with Gasteiger partial charge in [-0.05, 0) is 6.42 Å². The Morgan fingerprint density at radius 3 is 3.00 bits per heavy atom. The lowest BCUT2D eigenvalue weighted by molar-refractivity contribution is 0.244. The van der Waals surface area contributed by atoms with Crippen molar-refractivity contribution in [1.29, 1.82) is 0 Å². The van der Waals surface area contributed by atoms with Crippen molar-refractivity contribution in [3.05, 3.63) is 30.0 Å². The number of aliphatic hydroxyl groups is 1. The number of allylic oxidation sites excluding steroid dienone is 1. The van der Waals surface area contributed by atoms with Crippen LogP contribution in [-0.2, 0) is 0 Å². The second-order valence-corrected chi connectivity index (χ2v) is 4.48. The number of hydrogen-bond donors (Lipinski definition) is 1. The van der Waals surface area contributed by atoms with Gasteiger partial charge in [0.25, 0.3) is 0 Å². The van der Waals surface area contributed by atoms with E-state index in [1.807, 2.05) is 10.6 Å². The van der Waals surface area contributed by atoms with E-state index in [1.54, 1.807) is 6.33 Å². The summed E-state index contributed by atoms with van der Waals surface area (Å²) in [5.74, 6) is 0.217. The van der Waals surface area contributed by atoms with Gasteiger partial charge in [0.15, 0.2) is 10.8 Å². The van der Waals surface area contributed by atoms with Crippen LogP contribution in [-0.4, -0.2) is 31.2 Å². The van der Waals surface area contributed by atoms with Gasteiger partial charge in [0, 0.05) is 12.5 Å². The maximum atomic E-state index is 9.12. The Kier molecular flexibility index (Phi) is 2.57. The zero-order valence-electron chi connectivity index (χ0n) is 8.99. The first-order valence-electron chi connectivity index (χ1n) is 5.42. The lowest BCUT2D eigenvalue weighted by Gasteiger charge is -2.12. The number of aromatic nitrogens is 4. The molecule has 0 bridgehead atoms. The number of halogens is 1. The minimum absolute atomic E-state index is 0.176. The third-order valence-electron chi connectivity index (χ3n) is 3.06. The van der Waals surface area contributed by atoms with Crippen molar-refractivity contribution in [3.8, 4) is 0 Å². The van der Waals surface area contributed by atoms with Crippen molar-refractivity contribution < 1.29 is 5.11 Å². The quantitative estimate of drug-likeness (QED) is 0.649. The highest BCUT2D eigenvalue weighted by Crippen LogP contribution is 2.30. The lowest BCUT2D eigenvalue weighted by atomic mass is 10.1. The van der Waals surface area contributed by atoms with Gasteiger partial charge in [-0.25, -0.2) is 15.0 Å². The SMILES string of the molecule is OC[C@H]1C=C[C@H](n2cnc3c(Cl)ncnc32)C1. The Labute approximate surface area is 103 Å². The van der Waals surface area contributed by atoms with Crippen LogP contribution in [0.5, 0.6) is 0 Å². The normalized spacial score (nSPS) is 23.6. The molecule has 0 unspecified atom stereocenters. The minimum Gasteiger partial charge on any atom is -0.396 e. The summed E-state index contributed by atoms with van der Waals surface area (Å²) in [6, 6.07) is 0.183. The average molecular weight is 251 g/mol. The predicted molar refractivity (Wildman–Crippen MR) is 63.7 cm³/mol. The number of nitrogens with zero attached hydrogens (tertiary/aromatic N) is 4. The molecule has 6 heteroatoms. The van der Waals surface area contributed by atoms with E-state index in [-0.39, 0.29) is 18.6 Å². The molecular weight excluding hydrogens is 240 g/mol. The van der Waals surface area contributed by atoms with Crippen LogP contribution < -0.4 is 0 Å². The van der Waals surface area contributed by atoms with E-state index in [9.17, 15) is 0 Å². The number of aliphatic hydroxyl groups excluding tert-OH is 1. The topological polar surface area (TPSA) is 63.8 Å². The van der Waals surface area contributed by atoms with Crippen LogP contribution in [0, 0.1) is 5.92 Å². The molecule has 2 aromatic rings. The minimum atomic E-state index is 0.176. The summed E-state index contributed by atoms with van der Waals surface area (Å²) in [4.78, 5) is 12.3. The lowest BCUT2D eigenvalue weighted by Crippen LogP contribution is -2.07. The second-order valence-electron chi connectivity index (χ2n) is 4.12. The summed E-state index contributed by atoms with van der Waals surface area (Å²) in [7, 11) is 0. The Balaban J connectivity index is 2.02. The van der Waals surface area contributed by atoms with Crippen molar-refractivity contribution in [2.24, 2.45) is 5.92 Å². The summed E-state index contributed by atoms with van der Waals surface area (Å²) in [6.07, 6.45) is 8.12. The second kappa shape index (κ2) is 4.09. The van der Waals surface area contributed by atoms with Crippen molar-refractivity contribution in [2.75, 3.05) is 6.61 Å². The Morgan fingerprint density at radius 2 is 2.24 bits per heavy atom. The van der Waals surface area contributed by atoms with Gasteiger partial charge < -0.3 is 9.67 Å². The van der Waals surface area contributed by atoms with Gasteiger partial charge in [-0.15, -0.1) is 0 Å². The summed E-state index contributed by atoms with van der Waals surface area (Å²) in [6.45, 7) is 0.176. The van der Waals surface area contributed by atoms with Crippen LogP contribution in [0.1, 0.15) is 12.5 Å². The largest absolute Gasteiger partial charge is 0.396 e. The fourth-order valence-electron chi connectivity index (χ4n) is 2.16. The van der Waals surface area contributed by atoms with Crippen LogP contribution in [0.25, 0.3) is 11.2 Å². The van der Waals surface area contributed by atoms with Gasteiger partial charge in [0.1, 0.15) is 11.8 Å². The molecule has 1 aliphatic carbocycles. The van der Waals surface area contributed by atoms with Crippen LogP contribution >= 0.6 is 11.6 Å². The summed E-state index contributed by atoms with van der Waals surface area (Å²) in [5.41, 5.74) is 1.35. The molecule has 0 aromatic carbocycles. The first kappa shape index (κ1) is 10.7. The summed E-state index contributed by atoms with van der Waals surface area (Å²) >= 11 is 5.95. The predicted octanol–water partition coefficient (Wildman–Crippen LogP) is 1.59. The molecule has 3 rings (SSSR count). The molecule has 0 spiro atoms. The van der Waals surface area contributed by atoms with E-state index in [0.717, 1.165) is 12.1 Å². The zero-order valence-corrected chi connectivity index (χ0v) is 9.75. The highest BCUT2D eigenvalue weighted by Gasteiger charge is 2.22. The third-order valence-corrected chi connectivity index (χ3v) is 3.33. The molecule has 88 valence electrons. The van der Waals surface area contributed by atoms with Crippen molar-refractivity contribution >= 4 is 22.8 Å². The molecule has 0 saturated heterocycles. The van der Waals surface area contributed by atoms with Crippen LogP contribution in [0.3, 0.4) is 0 Å². The maximum Gasteiger partial charge on any atom is 0.165 e. The van der Waals surface area contributed by atoms with Crippen molar-refractivity contribution in [2.45, 2.75) is 12.5 Å². The van der Waals surface area contributed by atoms with E-state index in [1.165, 1.54) is 6.33 Å². The van der Waals surface area contributed by atoms with Gasteiger partial charge in [0.05, 0.1) is 12.4 Å². The molecule has 1 aliphatic rings. The van der Waals surface area contributed by atoms with E-state index >= 15 is 0 Å².